The summed E-state index contributed by atoms with van der Waals surface area (Å²) in [4.78, 5) is 5.15. The Morgan fingerprint density at radius 2 is 1.71 bits per heavy atom. The fourth-order valence-corrected chi connectivity index (χ4v) is 4.21. The molecule has 1 aliphatic rings. The molecule has 28 heavy (non-hydrogen) atoms. The lowest BCUT2D eigenvalue weighted by Gasteiger charge is -2.31. The summed E-state index contributed by atoms with van der Waals surface area (Å²) >= 11 is 3.51. The number of hydrogen-bond donors (Lipinski definition) is 0. The number of nitrogens with zero attached hydrogens (tertiary/aromatic N) is 2. The van der Waals surface area contributed by atoms with E-state index in [1.54, 1.807) is 7.11 Å². The third-order valence-corrected chi connectivity index (χ3v) is 5.66. The zero-order valence-electron chi connectivity index (χ0n) is 16.2. The minimum Gasteiger partial charge on any atom is -0.399 e. The highest BCUT2D eigenvalue weighted by Crippen LogP contribution is 2.40. The van der Waals surface area contributed by atoms with Crippen LogP contribution in [0.15, 0.2) is 64.2 Å². The maximum atomic E-state index is 13.6. The molecule has 3 nitrogen and oxygen atoms in total. The summed E-state index contributed by atoms with van der Waals surface area (Å²) < 4.78 is 16.8. The average molecular weight is 441 g/mol. The van der Waals surface area contributed by atoms with E-state index in [2.05, 4.69) is 57.7 Å². The van der Waals surface area contributed by atoms with Crippen molar-refractivity contribution < 1.29 is 9.23 Å². The predicted molar refractivity (Wildman–Crippen MR) is 115 cm³/mol. The second-order valence-corrected chi connectivity index (χ2v) is 8.86. The quantitative estimate of drug-likeness (QED) is 0.434. The summed E-state index contributed by atoms with van der Waals surface area (Å²) in [6, 6.07) is 17.1. The van der Waals surface area contributed by atoms with E-state index >= 15 is 0 Å². The number of hydrogen-bond acceptors (Lipinski definition) is 2. The normalized spacial score (nSPS) is 16.8. The van der Waals surface area contributed by atoms with Gasteiger partial charge in [-0.1, -0.05) is 47.1 Å². The van der Waals surface area contributed by atoms with Gasteiger partial charge in [0.25, 0.3) is 0 Å². The molecule has 5 heteroatoms. The highest BCUT2D eigenvalue weighted by molar-refractivity contribution is 9.10. The monoisotopic (exact) mass is 440 g/mol. The summed E-state index contributed by atoms with van der Waals surface area (Å²) in [5, 5.41) is 4.33. The van der Waals surface area contributed by atoms with Crippen LogP contribution in [0.25, 0.3) is 16.9 Å². The number of rotatable bonds is 3. The van der Waals surface area contributed by atoms with Gasteiger partial charge in [-0.15, -0.1) is 0 Å². The number of oxime groups is 1. The van der Waals surface area contributed by atoms with Crippen LogP contribution in [0.1, 0.15) is 31.5 Å². The molecule has 0 aliphatic heterocycles. The van der Waals surface area contributed by atoms with Crippen molar-refractivity contribution in [3.63, 3.8) is 0 Å². The summed E-state index contributed by atoms with van der Waals surface area (Å²) in [6.45, 7) is 4.48. The lowest BCUT2D eigenvalue weighted by atomic mass is 9.76. The molecule has 1 aromatic heterocycles. The van der Waals surface area contributed by atoms with Gasteiger partial charge in [-0.25, -0.2) is 4.39 Å². The number of fused-ring (bicyclic) bond motifs is 1. The Bertz CT molecular complexity index is 1030. The predicted octanol–water partition coefficient (Wildman–Crippen LogP) is 6.37. The van der Waals surface area contributed by atoms with Crippen LogP contribution in [0.4, 0.5) is 4.39 Å². The van der Waals surface area contributed by atoms with Crippen LogP contribution in [0.3, 0.4) is 0 Å². The largest absolute Gasteiger partial charge is 0.399 e. The highest BCUT2D eigenvalue weighted by Gasteiger charge is 2.34. The Morgan fingerprint density at radius 3 is 2.36 bits per heavy atom. The first-order valence-corrected chi connectivity index (χ1v) is 10.0. The van der Waals surface area contributed by atoms with Crippen molar-refractivity contribution in [3.05, 3.63) is 76.1 Å². The Labute approximate surface area is 173 Å². The zero-order chi connectivity index (χ0) is 19.9. The molecule has 0 saturated heterocycles. The second-order valence-electron chi connectivity index (χ2n) is 7.95. The van der Waals surface area contributed by atoms with Gasteiger partial charge in [0.2, 0.25) is 0 Å². The van der Waals surface area contributed by atoms with E-state index in [0.717, 1.165) is 45.5 Å². The van der Waals surface area contributed by atoms with Crippen LogP contribution in [0.5, 0.6) is 0 Å². The highest BCUT2D eigenvalue weighted by atomic mass is 79.9. The molecule has 4 rings (SSSR count). The molecular weight excluding hydrogens is 419 g/mol. The molecule has 0 amide bonds. The first-order chi connectivity index (χ1) is 13.4. The molecule has 0 N–H and O–H groups in total. The minimum atomic E-state index is -0.239. The number of halogens is 2. The smallest absolute Gasteiger partial charge is 0.123 e. The second kappa shape index (κ2) is 7.21. The summed E-state index contributed by atoms with van der Waals surface area (Å²) in [7, 11) is 1.58. The van der Waals surface area contributed by atoms with Crippen molar-refractivity contribution >= 4 is 21.6 Å². The summed E-state index contributed by atoms with van der Waals surface area (Å²) in [5.41, 5.74) is 6.38. The topological polar surface area (TPSA) is 26.5 Å². The van der Waals surface area contributed by atoms with Crippen LogP contribution in [0.2, 0.25) is 0 Å². The van der Waals surface area contributed by atoms with Gasteiger partial charge in [0.1, 0.15) is 12.9 Å². The standard InChI is InChI=1S/C23H22BrFN2O/c1-23(2)13-20(26-28-3)19-12-21(15-4-6-16(24)7-5-15)27(22(19)14-23)18-10-8-17(25)9-11-18/h4-12H,13-14H2,1-3H3/b26-20-. The molecule has 1 aliphatic carbocycles. The Hall–Kier alpha value is -2.40. The Kier molecular flexibility index (Phi) is 4.88. The lowest BCUT2D eigenvalue weighted by molar-refractivity contribution is 0.210. The van der Waals surface area contributed by atoms with Gasteiger partial charge >= 0.3 is 0 Å². The molecule has 1 heterocycles. The van der Waals surface area contributed by atoms with Crippen molar-refractivity contribution in [1.82, 2.24) is 4.57 Å². The third kappa shape index (κ3) is 3.51. The molecule has 0 unspecified atom stereocenters. The molecule has 0 atom stereocenters. The van der Waals surface area contributed by atoms with Crippen LogP contribution in [-0.2, 0) is 11.3 Å². The van der Waals surface area contributed by atoms with Crippen molar-refractivity contribution in [1.29, 1.82) is 0 Å². The fourth-order valence-electron chi connectivity index (χ4n) is 3.95. The van der Waals surface area contributed by atoms with Gasteiger partial charge in [0, 0.05) is 21.4 Å². The van der Waals surface area contributed by atoms with E-state index in [-0.39, 0.29) is 11.2 Å². The van der Waals surface area contributed by atoms with E-state index < -0.39 is 0 Å². The first-order valence-electron chi connectivity index (χ1n) is 9.25. The van der Waals surface area contributed by atoms with Crippen molar-refractivity contribution in [2.75, 3.05) is 7.11 Å². The van der Waals surface area contributed by atoms with E-state index in [9.17, 15) is 4.39 Å². The average Bonchev–Trinajstić information content (AvgIpc) is 3.01. The zero-order valence-corrected chi connectivity index (χ0v) is 17.8. The van der Waals surface area contributed by atoms with Crippen molar-refractivity contribution in [3.8, 4) is 16.9 Å². The summed E-state index contributed by atoms with van der Waals surface area (Å²) in [6.07, 6.45) is 1.75. The third-order valence-electron chi connectivity index (χ3n) is 5.13. The molecule has 144 valence electrons. The number of aromatic nitrogens is 1. The van der Waals surface area contributed by atoms with E-state index in [1.165, 1.54) is 17.8 Å². The molecular formula is C23H22BrFN2O. The molecule has 0 radical (unpaired) electrons. The maximum Gasteiger partial charge on any atom is 0.123 e. The number of benzene rings is 2. The van der Waals surface area contributed by atoms with Crippen molar-refractivity contribution in [2.24, 2.45) is 10.6 Å². The van der Waals surface area contributed by atoms with Crippen LogP contribution in [-0.4, -0.2) is 17.4 Å². The molecule has 2 aromatic carbocycles. The SMILES string of the molecule is CO/N=C1/CC(C)(C)Cc2c1cc(-c1ccc(Br)cc1)n2-c1ccc(F)cc1. The van der Waals surface area contributed by atoms with Crippen LogP contribution >= 0.6 is 15.9 Å². The van der Waals surface area contributed by atoms with Crippen LogP contribution < -0.4 is 0 Å². The maximum absolute atomic E-state index is 13.6. The molecule has 0 fully saturated rings. The van der Waals surface area contributed by atoms with E-state index in [1.807, 2.05) is 24.3 Å². The molecule has 3 aromatic rings. The first kappa shape index (κ1) is 18.9. The van der Waals surface area contributed by atoms with E-state index in [0.29, 0.717) is 0 Å². The minimum absolute atomic E-state index is 0.0531. The molecule has 0 saturated carbocycles. The van der Waals surface area contributed by atoms with Gasteiger partial charge in [-0.2, -0.15) is 0 Å². The van der Waals surface area contributed by atoms with Gasteiger partial charge in [0.05, 0.1) is 11.4 Å². The van der Waals surface area contributed by atoms with Crippen molar-refractivity contribution in [2.45, 2.75) is 26.7 Å². The van der Waals surface area contributed by atoms with Gasteiger partial charge in [-0.3, -0.25) is 0 Å². The Morgan fingerprint density at radius 1 is 1.04 bits per heavy atom. The van der Waals surface area contributed by atoms with Crippen LogP contribution in [0, 0.1) is 11.2 Å². The van der Waals surface area contributed by atoms with Gasteiger partial charge in [-0.05, 0) is 66.3 Å². The van der Waals surface area contributed by atoms with E-state index in [4.69, 9.17) is 4.84 Å². The summed E-state index contributed by atoms with van der Waals surface area (Å²) in [5.74, 6) is -0.239. The van der Waals surface area contributed by atoms with Gasteiger partial charge < -0.3 is 9.40 Å². The van der Waals surface area contributed by atoms with Gasteiger partial charge in [0.15, 0.2) is 0 Å². The molecule has 0 bridgehead atoms. The fraction of sp³-hybridized carbons (Fsp3) is 0.261. The lowest BCUT2D eigenvalue weighted by Crippen LogP contribution is -2.28. The Balaban J connectivity index is 2.00. The molecule has 0 spiro atoms.